The zero-order chi connectivity index (χ0) is 25.5. The van der Waals surface area contributed by atoms with Crippen LogP contribution >= 0.6 is 0 Å². The van der Waals surface area contributed by atoms with Gasteiger partial charge in [-0.05, 0) is 43.4 Å². The van der Waals surface area contributed by atoms with Gasteiger partial charge in [0.25, 0.3) is 0 Å². The number of hydrogen-bond acceptors (Lipinski definition) is 1. The fourth-order valence-electron chi connectivity index (χ4n) is 3.45. The van der Waals surface area contributed by atoms with Crippen LogP contribution in [0.15, 0.2) is 48.5 Å². The molecule has 0 spiro atoms. The van der Waals surface area contributed by atoms with Crippen molar-refractivity contribution in [1.82, 2.24) is 5.32 Å². The van der Waals surface area contributed by atoms with E-state index in [0.29, 0.717) is 6.04 Å². The molecule has 0 aliphatic carbocycles. The Morgan fingerprint density at radius 1 is 0.727 bits per heavy atom. The van der Waals surface area contributed by atoms with Crippen molar-refractivity contribution in [2.45, 2.75) is 127 Å². The van der Waals surface area contributed by atoms with Gasteiger partial charge < -0.3 is 5.32 Å². The highest BCUT2D eigenvalue weighted by molar-refractivity contribution is 5.23. The lowest BCUT2D eigenvalue weighted by Crippen LogP contribution is -2.21. The maximum atomic E-state index is 3.39. The van der Waals surface area contributed by atoms with E-state index in [9.17, 15) is 0 Å². The van der Waals surface area contributed by atoms with Crippen LogP contribution < -0.4 is 5.32 Å². The summed E-state index contributed by atoms with van der Waals surface area (Å²) in [4.78, 5) is 0. The molecule has 0 radical (unpaired) electrons. The third-order valence-corrected chi connectivity index (χ3v) is 5.71. The van der Waals surface area contributed by atoms with Gasteiger partial charge in [-0.1, -0.05) is 148 Å². The average Bonchev–Trinajstić information content (AvgIpc) is 2.81. The van der Waals surface area contributed by atoms with Crippen LogP contribution in [0.3, 0.4) is 0 Å². The van der Waals surface area contributed by atoms with Crippen LogP contribution in [0.1, 0.15) is 116 Å². The number of rotatable bonds is 10. The molecule has 1 unspecified atom stereocenters. The number of unbranched alkanes of at least 4 members (excludes halogenated alkanes) is 2. The molecule has 2 aromatic carbocycles. The van der Waals surface area contributed by atoms with Crippen molar-refractivity contribution in [3.8, 4) is 0 Å². The smallest absolute Gasteiger partial charge is 0.0207 e. The molecule has 0 heterocycles. The molecule has 0 aliphatic heterocycles. The molecule has 0 aliphatic rings. The maximum Gasteiger partial charge on any atom is 0.0207 e. The number of nitrogens with one attached hydrogen (secondary N) is 1. The maximum absolute atomic E-state index is 3.39. The molecule has 1 nitrogen and oxygen atoms in total. The van der Waals surface area contributed by atoms with Gasteiger partial charge in [0.15, 0.2) is 0 Å². The van der Waals surface area contributed by atoms with E-state index < -0.39 is 0 Å². The molecule has 190 valence electrons. The lowest BCUT2D eigenvalue weighted by atomic mass is 9.94. The fraction of sp³-hybridized carbons (Fsp3) is 0.625. The Morgan fingerprint density at radius 3 is 1.76 bits per heavy atom. The van der Waals surface area contributed by atoms with Crippen molar-refractivity contribution in [1.29, 1.82) is 0 Å². The summed E-state index contributed by atoms with van der Waals surface area (Å²) in [5.41, 5.74) is 5.43. The highest BCUT2D eigenvalue weighted by atomic mass is 14.9. The fourth-order valence-corrected chi connectivity index (χ4v) is 3.45. The topological polar surface area (TPSA) is 12.0 Å². The van der Waals surface area contributed by atoms with Crippen molar-refractivity contribution >= 4 is 0 Å². The van der Waals surface area contributed by atoms with Gasteiger partial charge in [-0.3, -0.25) is 0 Å². The van der Waals surface area contributed by atoms with E-state index in [1.165, 1.54) is 67.2 Å². The van der Waals surface area contributed by atoms with E-state index in [2.05, 4.69) is 109 Å². The van der Waals surface area contributed by atoms with E-state index in [1.54, 1.807) is 0 Å². The normalized spacial score (nSPS) is 10.8. The van der Waals surface area contributed by atoms with E-state index in [-0.39, 0.29) is 0 Å². The molecule has 1 N–H and O–H groups in total. The Balaban J connectivity index is 0. The van der Waals surface area contributed by atoms with E-state index in [4.69, 9.17) is 0 Å². The molecule has 33 heavy (non-hydrogen) atoms. The van der Waals surface area contributed by atoms with E-state index in [1.807, 2.05) is 13.8 Å². The predicted molar refractivity (Wildman–Crippen MR) is 153 cm³/mol. The monoisotopic (exact) mass is 455 g/mol. The van der Waals surface area contributed by atoms with Gasteiger partial charge in [-0.2, -0.15) is 0 Å². The highest BCUT2D eigenvalue weighted by Gasteiger charge is 2.03. The second kappa shape index (κ2) is 23.6. The SMILES string of the molecule is CC.CCCCCC(CC)CCC.Cc1cccc(CNC(C)C)c1.Cc1ccccc1C. The van der Waals surface area contributed by atoms with Crippen LogP contribution in [-0.2, 0) is 6.54 Å². The summed E-state index contributed by atoms with van der Waals surface area (Å²) < 4.78 is 0. The van der Waals surface area contributed by atoms with Crippen LogP contribution in [0.5, 0.6) is 0 Å². The van der Waals surface area contributed by atoms with Gasteiger partial charge in [-0.25, -0.2) is 0 Å². The van der Waals surface area contributed by atoms with E-state index in [0.717, 1.165) is 12.5 Å². The molecule has 2 rings (SSSR count). The highest BCUT2D eigenvalue weighted by Crippen LogP contribution is 2.18. The minimum Gasteiger partial charge on any atom is -0.310 e. The van der Waals surface area contributed by atoms with Crippen molar-refractivity contribution in [3.63, 3.8) is 0 Å². The summed E-state index contributed by atoms with van der Waals surface area (Å²) in [6, 6.07) is 17.5. The second-order valence-electron chi connectivity index (χ2n) is 9.17. The average molecular weight is 456 g/mol. The van der Waals surface area contributed by atoms with Gasteiger partial charge >= 0.3 is 0 Å². The first-order valence-electron chi connectivity index (χ1n) is 13.6. The van der Waals surface area contributed by atoms with Crippen molar-refractivity contribution in [2.75, 3.05) is 0 Å². The largest absolute Gasteiger partial charge is 0.310 e. The van der Waals surface area contributed by atoms with Crippen LogP contribution in [0.25, 0.3) is 0 Å². The minimum atomic E-state index is 0.561. The molecule has 0 aromatic heterocycles. The van der Waals surface area contributed by atoms with E-state index >= 15 is 0 Å². The molecule has 2 aromatic rings. The molecule has 0 fully saturated rings. The van der Waals surface area contributed by atoms with Gasteiger partial charge in [0, 0.05) is 12.6 Å². The lowest BCUT2D eigenvalue weighted by Gasteiger charge is -2.12. The first kappa shape index (κ1) is 33.6. The summed E-state index contributed by atoms with van der Waals surface area (Å²) in [6.07, 6.45) is 9.92. The quantitative estimate of drug-likeness (QED) is 0.351. The number of benzene rings is 2. The van der Waals surface area contributed by atoms with Crippen LogP contribution in [-0.4, -0.2) is 6.04 Å². The minimum absolute atomic E-state index is 0.561. The van der Waals surface area contributed by atoms with Gasteiger partial charge in [0.2, 0.25) is 0 Å². The summed E-state index contributed by atoms with van der Waals surface area (Å²) in [6.45, 7) is 22.6. The van der Waals surface area contributed by atoms with Gasteiger partial charge in [-0.15, -0.1) is 0 Å². The second-order valence-corrected chi connectivity index (χ2v) is 9.17. The van der Waals surface area contributed by atoms with Crippen molar-refractivity contribution in [2.24, 2.45) is 5.92 Å². The van der Waals surface area contributed by atoms with Crippen LogP contribution in [0.2, 0.25) is 0 Å². The molecule has 1 heteroatoms. The number of aryl methyl sites for hydroxylation is 3. The summed E-state index contributed by atoms with van der Waals surface area (Å²) in [5, 5.41) is 3.39. The van der Waals surface area contributed by atoms with Crippen molar-refractivity contribution in [3.05, 3.63) is 70.8 Å². The van der Waals surface area contributed by atoms with Crippen LogP contribution in [0, 0.1) is 26.7 Å². The Labute approximate surface area is 208 Å². The zero-order valence-corrected chi connectivity index (χ0v) is 23.9. The third kappa shape index (κ3) is 20.7. The lowest BCUT2D eigenvalue weighted by molar-refractivity contribution is 0.412. The summed E-state index contributed by atoms with van der Waals surface area (Å²) in [5.74, 6) is 1.02. The molecular formula is C32H57N. The van der Waals surface area contributed by atoms with Crippen molar-refractivity contribution < 1.29 is 0 Å². The Kier molecular flexibility index (Phi) is 24.0. The molecule has 0 amide bonds. The molecule has 0 bridgehead atoms. The first-order chi connectivity index (χ1) is 15.8. The Morgan fingerprint density at radius 2 is 1.33 bits per heavy atom. The molecule has 0 saturated heterocycles. The van der Waals surface area contributed by atoms with Gasteiger partial charge in [0.1, 0.15) is 0 Å². The molecular weight excluding hydrogens is 398 g/mol. The predicted octanol–water partition coefficient (Wildman–Crippen LogP) is 10.2. The molecule has 0 saturated carbocycles. The first-order valence-corrected chi connectivity index (χ1v) is 13.6. The van der Waals surface area contributed by atoms with Crippen LogP contribution in [0.4, 0.5) is 0 Å². The van der Waals surface area contributed by atoms with Gasteiger partial charge in [0.05, 0.1) is 0 Å². The zero-order valence-electron chi connectivity index (χ0n) is 23.9. The molecule has 1 atom stereocenters. The number of hydrogen-bond donors (Lipinski definition) is 1. The summed E-state index contributed by atoms with van der Waals surface area (Å²) >= 11 is 0. The third-order valence-electron chi connectivity index (χ3n) is 5.71. The summed E-state index contributed by atoms with van der Waals surface area (Å²) in [7, 11) is 0. The standard InChI is InChI=1S/C11H17N.C11H24.C8H10.C2H6/c1-9(2)12-8-11-6-4-5-10(3)7-11;1-4-7-8-10-11(6-3)9-5-2;1-7-5-3-4-6-8(7)2;1-2/h4-7,9,12H,8H2,1-3H3;11H,4-10H2,1-3H3;3-6H,1-2H3;1-2H3. The Hall–Kier alpha value is -1.60. The Bertz CT molecular complexity index is 638.